The number of carbonyl (C=O) groups is 1. The summed E-state index contributed by atoms with van der Waals surface area (Å²) >= 11 is 0. The molecule has 2 aromatic heterocycles. The van der Waals surface area contributed by atoms with Gasteiger partial charge in [-0.3, -0.25) is 9.78 Å². The van der Waals surface area contributed by atoms with Crippen molar-refractivity contribution in [2.45, 2.75) is 0 Å². The van der Waals surface area contributed by atoms with E-state index < -0.39 is 5.91 Å². The van der Waals surface area contributed by atoms with Crippen LogP contribution < -0.4 is 21.3 Å². The molecule has 4 N–H and O–H groups in total. The van der Waals surface area contributed by atoms with Crippen molar-refractivity contribution in [1.29, 1.82) is 0 Å². The molecule has 0 bridgehead atoms. The van der Waals surface area contributed by atoms with Gasteiger partial charge in [0.2, 0.25) is 0 Å². The third-order valence-electron chi connectivity index (χ3n) is 3.55. The molecule has 0 unspecified atom stereocenters. The second kappa shape index (κ2) is 6.40. The Labute approximate surface area is 128 Å². The molecule has 3 heterocycles. The Morgan fingerprint density at radius 2 is 2.05 bits per heavy atom. The van der Waals surface area contributed by atoms with Crippen LogP contribution >= 0.6 is 0 Å². The van der Waals surface area contributed by atoms with Crippen molar-refractivity contribution >= 4 is 23.1 Å². The smallest absolute Gasteiger partial charge is 0.252 e. The van der Waals surface area contributed by atoms with Crippen molar-refractivity contribution in [2.75, 3.05) is 36.4 Å². The zero-order chi connectivity index (χ0) is 15.4. The molecule has 0 aromatic carbocycles. The van der Waals surface area contributed by atoms with Crippen LogP contribution in [-0.4, -0.2) is 42.1 Å². The number of nitrogens with zero attached hydrogens (tertiary/aromatic N) is 3. The van der Waals surface area contributed by atoms with E-state index in [1.807, 2.05) is 12.1 Å². The lowest BCUT2D eigenvalue weighted by atomic mass is 10.2. The second-order valence-corrected chi connectivity index (χ2v) is 5.05. The van der Waals surface area contributed by atoms with Gasteiger partial charge in [-0.1, -0.05) is 0 Å². The number of amides is 1. The van der Waals surface area contributed by atoms with Gasteiger partial charge in [0.15, 0.2) is 0 Å². The lowest BCUT2D eigenvalue weighted by Gasteiger charge is -2.28. The van der Waals surface area contributed by atoms with Gasteiger partial charge in [-0.2, -0.15) is 0 Å². The molecule has 1 aliphatic rings. The van der Waals surface area contributed by atoms with E-state index in [9.17, 15) is 4.79 Å². The average molecular weight is 298 g/mol. The minimum absolute atomic E-state index is 0.355. The molecule has 1 amide bonds. The zero-order valence-corrected chi connectivity index (χ0v) is 12.1. The van der Waals surface area contributed by atoms with Crippen LogP contribution in [0, 0.1) is 0 Å². The zero-order valence-electron chi connectivity index (χ0n) is 12.1. The summed E-state index contributed by atoms with van der Waals surface area (Å²) in [6, 6.07) is 5.62. The highest BCUT2D eigenvalue weighted by molar-refractivity contribution is 5.98. The Bertz CT molecular complexity index is 651. The fourth-order valence-corrected chi connectivity index (χ4v) is 2.40. The summed E-state index contributed by atoms with van der Waals surface area (Å²) in [4.78, 5) is 22.0. The number of nitrogens with two attached hydrogens (primary N) is 1. The number of primary amides is 1. The van der Waals surface area contributed by atoms with Crippen LogP contribution in [0.25, 0.3) is 0 Å². The fraction of sp³-hybridized carbons (Fsp3) is 0.267. The van der Waals surface area contributed by atoms with Crippen LogP contribution in [-0.2, 0) is 0 Å². The maximum atomic E-state index is 11.4. The van der Waals surface area contributed by atoms with E-state index in [-0.39, 0.29) is 0 Å². The number of anilines is 3. The molecular weight excluding hydrogens is 280 g/mol. The van der Waals surface area contributed by atoms with Gasteiger partial charge in [0.25, 0.3) is 5.91 Å². The molecule has 1 fully saturated rings. The van der Waals surface area contributed by atoms with Gasteiger partial charge in [-0.15, -0.1) is 0 Å². The van der Waals surface area contributed by atoms with Gasteiger partial charge in [-0.05, 0) is 18.2 Å². The van der Waals surface area contributed by atoms with Crippen LogP contribution in [0.15, 0.2) is 36.8 Å². The lowest BCUT2D eigenvalue weighted by molar-refractivity contribution is 0.100. The number of piperazine rings is 1. The summed E-state index contributed by atoms with van der Waals surface area (Å²) in [7, 11) is 0. The maximum Gasteiger partial charge on any atom is 0.252 e. The van der Waals surface area contributed by atoms with E-state index in [1.54, 1.807) is 18.5 Å². The first kappa shape index (κ1) is 14.3. The highest BCUT2D eigenvalue weighted by atomic mass is 16.1. The molecule has 1 saturated heterocycles. The van der Waals surface area contributed by atoms with Crippen molar-refractivity contribution in [2.24, 2.45) is 5.73 Å². The molecule has 1 aliphatic heterocycles. The van der Waals surface area contributed by atoms with E-state index >= 15 is 0 Å². The summed E-state index contributed by atoms with van der Waals surface area (Å²) in [6.07, 6.45) is 4.81. The Balaban J connectivity index is 1.75. The van der Waals surface area contributed by atoms with Gasteiger partial charge in [-0.25, -0.2) is 4.98 Å². The number of rotatable bonds is 4. The van der Waals surface area contributed by atoms with E-state index in [2.05, 4.69) is 25.5 Å². The van der Waals surface area contributed by atoms with Gasteiger partial charge in [0, 0.05) is 38.6 Å². The minimum atomic E-state index is -0.513. The minimum Gasteiger partial charge on any atom is -0.365 e. The van der Waals surface area contributed by atoms with Crippen molar-refractivity contribution in [3.8, 4) is 0 Å². The normalized spacial score (nSPS) is 14.6. The number of hydrogen-bond donors (Lipinski definition) is 3. The van der Waals surface area contributed by atoms with E-state index in [0.717, 1.165) is 37.7 Å². The molecule has 2 aromatic rings. The summed E-state index contributed by atoms with van der Waals surface area (Å²) in [5, 5.41) is 6.46. The number of nitrogens with one attached hydrogen (secondary N) is 2. The number of pyridine rings is 2. The van der Waals surface area contributed by atoms with Crippen molar-refractivity contribution < 1.29 is 4.79 Å². The highest BCUT2D eigenvalue weighted by Crippen LogP contribution is 2.21. The lowest BCUT2D eigenvalue weighted by Crippen LogP contribution is -2.43. The Morgan fingerprint density at radius 1 is 1.23 bits per heavy atom. The second-order valence-electron chi connectivity index (χ2n) is 5.05. The Morgan fingerprint density at radius 3 is 2.73 bits per heavy atom. The molecule has 0 aliphatic carbocycles. The van der Waals surface area contributed by atoms with Gasteiger partial charge in [0.1, 0.15) is 5.82 Å². The van der Waals surface area contributed by atoms with E-state index in [0.29, 0.717) is 11.3 Å². The van der Waals surface area contributed by atoms with Crippen molar-refractivity contribution in [1.82, 2.24) is 15.3 Å². The largest absolute Gasteiger partial charge is 0.365 e. The molecule has 0 saturated carbocycles. The maximum absolute atomic E-state index is 11.4. The van der Waals surface area contributed by atoms with Crippen LogP contribution in [0.1, 0.15) is 10.4 Å². The van der Waals surface area contributed by atoms with Crippen LogP contribution in [0.2, 0.25) is 0 Å². The van der Waals surface area contributed by atoms with E-state index in [4.69, 9.17) is 5.73 Å². The summed E-state index contributed by atoms with van der Waals surface area (Å²) < 4.78 is 0. The summed E-state index contributed by atoms with van der Waals surface area (Å²) in [5.74, 6) is 0.442. The van der Waals surface area contributed by atoms with Crippen LogP contribution in [0.3, 0.4) is 0 Å². The SMILES string of the molecule is NC(=O)c1cnccc1Nc1ccc(N2CCNCC2)nc1. The average Bonchev–Trinajstić information content (AvgIpc) is 2.57. The quantitative estimate of drug-likeness (QED) is 0.770. The highest BCUT2D eigenvalue weighted by Gasteiger charge is 2.12. The predicted octanol–water partition coefficient (Wildman–Crippen LogP) is 0.729. The van der Waals surface area contributed by atoms with Gasteiger partial charge < -0.3 is 21.3 Å². The first-order valence-electron chi connectivity index (χ1n) is 7.16. The number of aromatic nitrogens is 2. The molecule has 114 valence electrons. The molecule has 0 atom stereocenters. The Kier molecular flexibility index (Phi) is 4.15. The standard InChI is InChI=1S/C15H18N6O/c16-15(22)12-10-18-4-3-13(12)20-11-1-2-14(19-9-11)21-7-5-17-6-8-21/h1-4,9-10,17H,5-8H2,(H2,16,22)(H,18,20). The van der Waals surface area contributed by atoms with Gasteiger partial charge in [0.05, 0.1) is 23.1 Å². The van der Waals surface area contributed by atoms with Crippen LogP contribution in [0.5, 0.6) is 0 Å². The third kappa shape index (κ3) is 3.15. The third-order valence-corrected chi connectivity index (χ3v) is 3.55. The molecule has 0 radical (unpaired) electrons. The topological polar surface area (TPSA) is 96.2 Å². The van der Waals surface area contributed by atoms with E-state index in [1.165, 1.54) is 6.20 Å². The molecule has 3 rings (SSSR count). The molecular formula is C15H18N6O. The number of hydrogen-bond acceptors (Lipinski definition) is 6. The van der Waals surface area contributed by atoms with Crippen molar-refractivity contribution in [3.63, 3.8) is 0 Å². The van der Waals surface area contributed by atoms with Crippen LogP contribution in [0.4, 0.5) is 17.2 Å². The molecule has 0 spiro atoms. The molecule has 7 heteroatoms. The first-order valence-corrected chi connectivity index (χ1v) is 7.16. The first-order chi connectivity index (χ1) is 10.7. The summed E-state index contributed by atoms with van der Waals surface area (Å²) in [5.41, 5.74) is 7.12. The monoisotopic (exact) mass is 298 g/mol. The summed E-state index contributed by atoms with van der Waals surface area (Å²) in [6.45, 7) is 3.85. The van der Waals surface area contributed by atoms with Gasteiger partial charge >= 0.3 is 0 Å². The fourth-order valence-electron chi connectivity index (χ4n) is 2.40. The predicted molar refractivity (Wildman–Crippen MR) is 85.4 cm³/mol. The molecule has 22 heavy (non-hydrogen) atoms. The molecule has 7 nitrogen and oxygen atoms in total. The van der Waals surface area contributed by atoms with Crippen molar-refractivity contribution in [3.05, 3.63) is 42.4 Å². The Hall–Kier alpha value is -2.67. The number of carbonyl (C=O) groups excluding carboxylic acids is 1.